The van der Waals surface area contributed by atoms with Crippen LogP contribution in [-0.4, -0.2) is 40.6 Å². The van der Waals surface area contributed by atoms with Crippen LogP contribution in [0.25, 0.3) is 17.1 Å². The van der Waals surface area contributed by atoms with Crippen molar-refractivity contribution in [3.05, 3.63) is 89.4 Å². The van der Waals surface area contributed by atoms with Crippen molar-refractivity contribution in [2.45, 2.75) is 5.16 Å². The molecule has 1 amide bonds. The molecule has 9 nitrogen and oxygen atoms in total. The number of nitrogens with zero attached hydrogens (tertiary/aromatic N) is 3. The Morgan fingerprint density at radius 1 is 1.08 bits per heavy atom. The van der Waals surface area contributed by atoms with E-state index in [1.165, 1.54) is 18.0 Å². The number of nitrogens with one attached hydrogen (secondary N) is 2. The quantitative estimate of drug-likeness (QED) is 0.143. The van der Waals surface area contributed by atoms with Gasteiger partial charge in [0.2, 0.25) is 0 Å². The Labute approximate surface area is 215 Å². The molecule has 2 N–H and O–H groups in total. The van der Waals surface area contributed by atoms with E-state index in [2.05, 4.69) is 20.7 Å². The number of aromatic amines is 1. The van der Waals surface area contributed by atoms with Crippen LogP contribution < -0.4 is 19.8 Å². The number of aromatic nitrogens is 3. The third-order valence-electron chi connectivity index (χ3n) is 4.79. The van der Waals surface area contributed by atoms with Gasteiger partial charge in [0.15, 0.2) is 0 Å². The number of carbonyl (C=O) groups excluding carboxylic acids is 2. The van der Waals surface area contributed by atoms with Crippen molar-refractivity contribution < 1.29 is 24.0 Å². The van der Waals surface area contributed by atoms with Gasteiger partial charge in [0.05, 0.1) is 28.6 Å². The number of H-pyrrole nitrogens is 1. The molecule has 0 saturated heterocycles. The molecular weight excluding hydrogens is 502 g/mol. The highest BCUT2D eigenvalue weighted by Gasteiger charge is 2.24. The average molecular weight is 522 g/mol. The summed E-state index contributed by atoms with van der Waals surface area (Å²) in [6.07, 6.45) is 1.38. The van der Waals surface area contributed by atoms with Gasteiger partial charge in [-0.05, 0) is 60.3 Å². The van der Waals surface area contributed by atoms with E-state index in [1.807, 2.05) is 47.0 Å². The number of halogens is 1. The van der Waals surface area contributed by atoms with Crippen molar-refractivity contribution in [2.75, 3.05) is 12.4 Å². The summed E-state index contributed by atoms with van der Waals surface area (Å²) >= 11 is 7.28. The monoisotopic (exact) mass is 521 g/mol. The van der Waals surface area contributed by atoms with Crippen LogP contribution in [0.5, 0.6) is 5.75 Å². The summed E-state index contributed by atoms with van der Waals surface area (Å²) in [6, 6.07) is 23.7. The van der Waals surface area contributed by atoms with Gasteiger partial charge in [0.25, 0.3) is 11.7 Å². The van der Waals surface area contributed by atoms with E-state index < -0.39 is 12.6 Å². The van der Waals surface area contributed by atoms with Crippen LogP contribution in [0.1, 0.15) is 5.56 Å². The summed E-state index contributed by atoms with van der Waals surface area (Å²) in [6.45, 7) is -0.586. The molecule has 1 heterocycles. The largest absolute Gasteiger partial charge is 0.546 e. The minimum absolute atomic E-state index is 0.0535. The standard InChI is InChI=1S/C25H20ClN5O4S/c26-19-12-10-17(11-13-19)24-29-30-25(31(24)20-7-2-1-3-8-20)36-16-22(32)28-27-14-18-6-4-5-9-21(18)35-15-23(33)34/h1-14H,15-16H2,(H2,28,32,33,34). The van der Waals surface area contributed by atoms with Crippen LogP contribution >= 0.6 is 23.4 Å². The van der Waals surface area contributed by atoms with E-state index in [4.69, 9.17) is 16.3 Å². The summed E-state index contributed by atoms with van der Waals surface area (Å²) in [5, 5.41) is 23.3. The number of benzene rings is 3. The van der Waals surface area contributed by atoms with Crippen molar-refractivity contribution in [2.24, 2.45) is 5.10 Å². The van der Waals surface area contributed by atoms with Crippen molar-refractivity contribution in [1.29, 1.82) is 0 Å². The van der Waals surface area contributed by atoms with Crippen LogP contribution in [0.2, 0.25) is 5.02 Å². The summed E-state index contributed by atoms with van der Waals surface area (Å²) in [7, 11) is 0. The van der Waals surface area contributed by atoms with Gasteiger partial charge in [-0.2, -0.15) is 9.67 Å². The predicted molar refractivity (Wildman–Crippen MR) is 134 cm³/mol. The van der Waals surface area contributed by atoms with Gasteiger partial charge < -0.3 is 14.6 Å². The molecule has 11 heteroatoms. The number of ether oxygens (including phenoxy) is 1. The average Bonchev–Trinajstić information content (AvgIpc) is 3.32. The normalized spacial score (nSPS) is 10.9. The molecule has 1 aromatic heterocycles. The summed E-state index contributed by atoms with van der Waals surface area (Å²) < 4.78 is 7.10. The van der Waals surface area contributed by atoms with E-state index >= 15 is 0 Å². The number of carboxylic acids is 1. The van der Waals surface area contributed by atoms with Crippen LogP contribution in [0.3, 0.4) is 0 Å². The number of aliphatic carboxylic acids is 1. The van der Waals surface area contributed by atoms with Gasteiger partial charge in [-0.3, -0.25) is 4.79 Å². The van der Waals surface area contributed by atoms with Gasteiger partial charge in [0, 0.05) is 10.6 Å². The zero-order valence-corrected chi connectivity index (χ0v) is 20.3. The number of para-hydroxylation sites is 2. The molecule has 0 aliphatic rings. The third-order valence-corrected chi connectivity index (χ3v) is 5.98. The highest BCUT2D eigenvalue weighted by molar-refractivity contribution is 7.99. The number of thioether (sulfide) groups is 1. The summed E-state index contributed by atoms with van der Waals surface area (Å²) in [5.74, 6) is -0.577. The van der Waals surface area contributed by atoms with Gasteiger partial charge in [-0.25, -0.2) is 5.43 Å². The van der Waals surface area contributed by atoms with Crippen molar-refractivity contribution in [3.63, 3.8) is 0 Å². The number of carboxylic acid groups (broad SMARTS) is 1. The van der Waals surface area contributed by atoms with E-state index in [0.717, 1.165) is 17.1 Å². The van der Waals surface area contributed by atoms with Crippen LogP contribution in [0, 0.1) is 0 Å². The van der Waals surface area contributed by atoms with Crippen LogP contribution in [0.4, 0.5) is 0 Å². The van der Waals surface area contributed by atoms with Gasteiger partial charge >= 0.3 is 5.16 Å². The number of amides is 1. The molecule has 182 valence electrons. The number of rotatable bonds is 10. The van der Waals surface area contributed by atoms with E-state index in [9.17, 15) is 14.7 Å². The zero-order chi connectivity index (χ0) is 25.3. The first-order valence-corrected chi connectivity index (χ1v) is 12.1. The second kappa shape index (κ2) is 12.0. The molecule has 36 heavy (non-hydrogen) atoms. The molecule has 0 unspecified atom stereocenters. The first-order chi connectivity index (χ1) is 17.5. The topological polar surface area (TPSA) is 123 Å². The smallest absolute Gasteiger partial charge is 0.342 e. The second-order valence-electron chi connectivity index (χ2n) is 7.31. The van der Waals surface area contributed by atoms with Crippen LogP contribution in [-0.2, 0) is 9.59 Å². The molecule has 0 aliphatic heterocycles. The number of hydrazone groups is 1. The lowest BCUT2D eigenvalue weighted by Crippen LogP contribution is -2.34. The summed E-state index contributed by atoms with van der Waals surface area (Å²) in [5.41, 5.74) is 4.73. The lowest BCUT2D eigenvalue weighted by molar-refractivity contribution is -0.625. The van der Waals surface area contributed by atoms with E-state index in [1.54, 1.807) is 36.4 Å². The Bertz CT molecular complexity index is 1380. The minimum Gasteiger partial charge on any atom is -0.546 e. The van der Waals surface area contributed by atoms with Crippen molar-refractivity contribution >= 4 is 41.5 Å². The molecule has 0 radical (unpaired) electrons. The third kappa shape index (κ3) is 6.49. The first-order valence-electron chi connectivity index (χ1n) is 10.7. The number of hydrogen-bond acceptors (Lipinski definition) is 7. The van der Waals surface area contributed by atoms with E-state index in [-0.39, 0.29) is 11.7 Å². The fourth-order valence-corrected chi connectivity index (χ4v) is 4.09. The lowest BCUT2D eigenvalue weighted by Gasteiger charge is -2.08. The highest BCUT2D eigenvalue weighted by Crippen LogP contribution is 2.22. The first kappa shape index (κ1) is 25.0. The maximum Gasteiger partial charge on any atom is 0.342 e. The predicted octanol–water partition coefficient (Wildman–Crippen LogP) is 2.38. The van der Waals surface area contributed by atoms with Gasteiger partial charge in [-0.15, -0.1) is 5.10 Å². The molecule has 0 spiro atoms. The Morgan fingerprint density at radius 2 is 1.81 bits per heavy atom. The van der Waals surface area contributed by atoms with Gasteiger partial charge in [0.1, 0.15) is 18.0 Å². The molecule has 0 fully saturated rings. The molecule has 3 aromatic carbocycles. The molecule has 0 saturated carbocycles. The molecule has 4 rings (SSSR count). The van der Waals surface area contributed by atoms with E-state index in [0.29, 0.717) is 21.5 Å². The number of carbonyl (C=O) groups is 2. The molecule has 0 atom stereocenters. The van der Waals surface area contributed by atoms with Crippen molar-refractivity contribution in [3.8, 4) is 22.8 Å². The number of hydrogen-bond donors (Lipinski definition) is 2. The Balaban J connectivity index is 1.45. The Kier molecular flexibility index (Phi) is 8.32. The fraction of sp³-hybridized carbons (Fsp3) is 0.0800. The molecular formula is C25H20ClN5O4S. The zero-order valence-electron chi connectivity index (χ0n) is 18.8. The maximum absolute atomic E-state index is 12.4. The maximum atomic E-state index is 12.4. The van der Waals surface area contributed by atoms with Gasteiger partial charge in [-0.1, -0.05) is 41.9 Å². The van der Waals surface area contributed by atoms with Crippen molar-refractivity contribution in [1.82, 2.24) is 15.6 Å². The minimum atomic E-state index is -1.34. The summed E-state index contributed by atoms with van der Waals surface area (Å²) in [4.78, 5) is 23.1. The lowest BCUT2D eigenvalue weighted by atomic mass is 10.2. The van der Waals surface area contributed by atoms with Crippen LogP contribution in [0.15, 0.2) is 89.1 Å². The molecule has 0 bridgehead atoms. The molecule has 4 aromatic rings. The molecule has 0 aliphatic carbocycles. The SMILES string of the molecule is O=C([O-])COc1ccccc1C=NNC(=O)CSc1n[nH]c(-c2ccc(Cl)cc2)[n+]1-c1ccccc1. The highest BCUT2D eigenvalue weighted by atomic mass is 35.5. The second-order valence-corrected chi connectivity index (χ2v) is 8.69. The fourth-order valence-electron chi connectivity index (χ4n) is 3.20. The Morgan fingerprint density at radius 3 is 2.56 bits per heavy atom. The Hall–Kier alpha value is -4.15.